The molecule has 2 aromatic heterocycles. The molecule has 0 amide bonds. The third-order valence-corrected chi connectivity index (χ3v) is 9.54. The van der Waals surface area contributed by atoms with Crippen LogP contribution in [-0.4, -0.2) is 20.9 Å². The zero-order chi connectivity index (χ0) is 34.6. The molecule has 0 aliphatic carbocycles. The van der Waals surface area contributed by atoms with Crippen LogP contribution in [0.25, 0.3) is 54.9 Å². The molecule has 5 nitrogen and oxygen atoms in total. The Morgan fingerprint density at radius 2 is 1.49 bits per heavy atom. The number of carbonyl (C=O) groups excluding carboxylic acids is 1. The van der Waals surface area contributed by atoms with E-state index in [1.165, 1.54) is 10.9 Å². The van der Waals surface area contributed by atoms with E-state index < -0.39 is 0 Å². The number of nitrogens with zero attached hydrogens (tertiary/aromatic N) is 2. The summed E-state index contributed by atoms with van der Waals surface area (Å²) in [6.07, 6.45) is 6.07. The Bertz CT molecular complexity index is 2100. The molecule has 2 heterocycles. The summed E-state index contributed by atoms with van der Waals surface area (Å²) in [6.45, 7) is 16.7. The number of hydrogen-bond donors (Lipinski definition) is 1. The quantitative estimate of drug-likeness (QED) is 0.0892. The van der Waals surface area contributed by atoms with Crippen molar-refractivity contribution in [1.29, 1.82) is 0 Å². The van der Waals surface area contributed by atoms with E-state index in [0.29, 0.717) is 17.0 Å². The summed E-state index contributed by atoms with van der Waals surface area (Å²) in [7, 11) is 0. The van der Waals surface area contributed by atoms with Crippen LogP contribution < -0.4 is 0 Å². The number of ketones is 1. The van der Waals surface area contributed by atoms with Crippen molar-refractivity contribution in [2.24, 2.45) is 17.3 Å². The van der Waals surface area contributed by atoms with Crippen molar-refractivity contribution in [1.82, 2.24) is 9.97 Å². The number of aliphatic hydroxyl groups excluding tert-OH is 1. The number of aromatic nitrogens is 2. The smallest absolute Gasteiger partial charge is 0.221 e. The van der Waals surface area contributed by atoms with E-state index in [-0.39, 0.29) is 43.1 Å². The summed E-state index contributed by atoms with van der Waals surface area (Å²) >= 11 is 0. The molecule has 4 aromatic carbocycles. The first-order valence-corrected chi connectivity index (χ1v) is 17.4. The molecule has 0 aliphatic rings. The van der Waals surface area contributed by atoms with Gasteiger partial charge in [0.15, 0.2) is 5.78 Å². The second-order valence-electron chi connectivity index (χ2n) is 14.0. The predicted molar refractivity (Wildman–Crippen MR) is 200 cm³/mol. The van der Waals surface area contributed by atoms with Gasteiger partial charge in [-0.2, -0.15) is 0 Å². The van der Waals surface area contributed by atoms with Crippen molar-refractivity contribution in [3.8, 4) is 11.3 Å². The number of Topliss-reactive ketones (excluding diaryl/α,β-unsaturated/α-hetero) is 1. The maximum atomic E-state index is 12.1. The minimum Gasteiger partial charge on any atom is -0.512 e. The van der Waals surface area contributed by atoms with E-state index in [1.807, 2.05) is 45.9 Å². The van der Waals surface area contributed by atoms with Gasteiger partial charge in [-0.15, -0.1) is 23.8 Å². The first kappa shape index (κ1) is 37.9. The van der Waals surface area contributed by atoms with Gasteiger partial charge in [0.05, 0.1) is 0 Å². The van der Waals surface area contributed by atoms with Crippen molar-refractivity contribution in [2.45, 2.75) is 87.5 Å². The maximum Gasteiger partial charge on any atom is 0.221 e. The number of furan rings is 1. The second kappa shape index (κ2) is 16.2. The summed E-state index contributed by atoms with van der Waals surface area (Å²) in [5, 5.41) is 16.7. The number of fused-ring (bicyclic) bond motifs is 6. The van der Waals surface area contributed by atoms with Crippen LogP contribution >= 0.6 is 0 Å². The van der Waals surface area contributed by atoms with E-state index >= 15 is 0 Å². The van der Waals surface area contributed by atoms with Crippen molar-refractivity contribution >= 4 is 49.4 Å². The normalized spacial score (nSPS) is 12.4. The van der Waals surface area contributed by atoms with Crippen LogP contribution in [0.2, 0.25) is 0 Å². The summed E-state index contributed by atoms with van der Waals surface area (Å²) in [5.41, 5.74) is 5.44. The summed E-state index contributed by atoms with van der Waals surface area (Å²) in [5.74, 6) is 0.631. The largest absolute Gasteiger partial charge is 0.512 e. The molecule has 0 unspecified atom stereocenters. The van der Waals surface area contributed by atoms with Gasteiger partial charge in [-0.05, 0) is 49.8 Å². The molecular formula is C43H49IrN2O3-. The molecule has 0 fully saturated rings. The van der Waals surface area contributed by atoms with Crippen molar-refractivity contribution in [3.05, 3.63) is 96.0 Å². The minimum atomic E-state index is 0. The SMILES string of the molecule is CC(C)(C)Cc1cccc2c(-c3ncnc4oc5c6ccccc6ccc5c34)[c-]ccc12.CCC(CC)C(=O)/C(C)=C(\O)C(CC)CC.[Ir]. The van der Waals surface area contributed by atoms with Gasteiger partial charge in [0.1, 0.15) is 17.7 Å². The van der Waals surface area contributed by atoms with E-state index in [0.717, 1.165) is 75.9 Å². The van der Waals surface area contributed by atoms with Crippen LogP contribution in [0.4, 0.5) is 0 Å². The fraction of sp³-hybridized carbons (Fsp3) is 0.372. The topological polar surface area (TPSA) is 76.2 Å². The minimum absolute atomic E-state index is 0. The van der Waals surface area contributed by atoms with Crippen LogP contribution in [0.1, 0.15) is 86.6 Å². The Hall–Kier alpha value is -3.86. The molecule has 49 heavy (non-hydrogen) atoms. The van der Waals surface area contributed by atoms with Gasteiger partial charge in [-0.1, -0.05) is 119 Å². The Balaban J connectivity index is 0.000000274. The van der Waals surface area contributed by atoms with Crippen LogP contribution in [-0.2, 0) is 31.3 Å². The van der Waals surface area contributed by atoms with E-state index in [9.17, 15) is 9.90 Å². The number of rotatable bonds is 9. The van der Waals surface area contributed by atoms with Crippen LogP contribution in [0.15, 0.2) is 88.8 Å². The van der Waals surface area contributed by atoms with Gasteiger partial charge in [0.25, 0.3) is 0 Å². The molecule has 0 aliphatic heterocycles. The van der Waals surface area contributed by atoms with Crippen molar-refractivity contribution in [3.63, 3.8) is 0 Å². The zero-order valence-corrected chi connectivity index (χ0v) is 32.5. The first-order chi connectivity index (χ1) is 23.0. The predicted octanol–water partition coefficient (Wildman–Crippen LogP) is 12.0. The van der Waals surface area contributed by atoms with Crippen LogP contribution in [0.5, 0.6) is 0 Å². The second-order valence-corrected chi connectivity index (χ2v) is 14.0. The van der Waals surface area contributed by atoms with Crippen molar-refractivity contribution in [2.75, 3.05) is 0 Å². The Morgan fingerprint density at radius 3 is 2.16 bits per heavy atom. The summed E-state index contributed by atoms with van der Waals surface area (Å²) < 4.78 is 6.26. The molecule has 0 saturated carbocycles. The molecule has 0 atom stereocenters. The molecule has 6 aromatic rings. The molecule has 1 N–H and O–H groups in total. The molecular weight excluding hydrogens is 785 g/mol. The van der Waals surface area contributed by atoms with E-state index in [1.54, 1.807) is 13.3 Å². The molecule has 259 valence electrons. The monoisotopic (exact) mass is 834 g/mol. The van der Waals surface area contributed by atoms with Gasteiger partial charge in [0.2, 0.25) is 5.71 Å². The maximum absolute atomic E-state index is 12.1. The van der Waals surface area contributed by atoms with Gasteiger partial charge < -0.3 is 9.52 Å². The number of allylic oxidation sites excluding steroid dienone is 2. The first-order valence-electron chi connectivity index (χ1n) is 17.4. The molecule has 0 bridgehead atoms. The van der Waals surface area contributed by atoms with Gasteiger partial charge >= 0.3 is 0 Å². The number of aliphatic hydroxyl groups is 1. The van der Waals surface area contributed by atoms with Gasteiger partial charge in [-0.25, -0.2) is 4.98 Å². The fourth-order valence-corrected chi connectivity index (χ4v) is 6.83. The third-order valence-electron chi connectivity index (χ3n) is 9.54. The fourth-order valence-electron chi connectivity index (χ4n) is 6.83. The average molecular weight is 834 g/mol. The molecule has 6 heteroatoms. The average Bonchev–Trinajstić information content (AvgIpc) is 3.48. The molecule has 0 saturated heterocycles. The Kier molecular flexibility index (Phi) is 12.6. The van der Waals surface area contributed by atoms with Gasteiger partial charge in [0, 0.05) is 59.4 Å². The Morgan fingerprint density at radius 1 is 0.816 bits per heavy atom. The molecule has 0 spiro atoms. The zero-order valence-electron chi connectivity index (χ0n) is 30.1. The molecule has 1 radical (unpaired) electrons. The van der Waals surface area contributed by atoms with Gasteiger partial charge in [-0.3, -0.25) is 9.78 Å². The number of carbonyl (C=O) groups is 1. The number of hydrogen-bond acceptors (Lipinski definition) is 5. The van der Waals surface area contributed by atoms with Crippen LogP contribution in [0, 0.1) is 23.3 Å². The third kappa shape index (κ3) is 7.97. The van der Waals surface area contributed by atoms with E-state index in [2.05, 4.69) is 80.4 Å². The number of benzene rings is 4. The van der Waals surface area contributed by atoms with Crippen molar-refractivity contribution < 1.29 is 34.4 Å². The summed E-state index contributed by atoms with van der Waals surface area (Å²) in [4.78, 5) is 21.3. The van der Waals surface area contributed by atoms with E-state index in [4.69, 9.17) is 9.40 Å². The standard InChI is InChI=1S/C29H23N2O.C14H26O2.Ir/c1-29(2,3)16-19-9-6-12-22-20(19)11-7-13-23(22)26-25-24-15-14-18-8-4-5-10-21(18)27(24)32-28(25)31-17-30-26;1-6-11(7-2)13(15)10(5)14(16)12(8-3)9-4;/h4-12,14-15,17H,16H2,1-3H3;11-12,15H,6-9H2,1-5H3;/q-1;;/b;13-10-;. The Labute approximate surface area is 304 Å². The summed E-state index contributed by atoms with van der Waals surface area (Å²) in [6, 6.07) is 26.7. The van der Waals surface area contributed by atoms with Crippen LogP contribution in [0.3, 0.4) is 0 Å². The molecule has 6 rings (SSSR count).